The van der Waals surface area contributed by atoms with Crippen LogP contribution in [-0.4, -0.2) is 21.0 Å². The first kappa shape index (κ1) is 9.88. The zero-order chi connectivity index (χ0) is 10.8. The first-order valence-corrected chi connectivity index (χ1v) is 5.13. The lowest BCUT2D eigenvalue weighted by Crippen LogP contribution is -2.20. The molecule has 1 unspecified atom stereocenters. The average molecular weight is 223 g/mol. The molecule has 1 atom stereocenters. The Labute approximate surface area is 89.6 Å². The number of nitrogens with two attached hydrogens (primary N) is 1. The molecular weight excluding hydrogens is 214 g/mol. The summed E-state index contributed by atoms with van der Waals surface area (Å²) in [6, 6.07) is 0.823. The molecule has 0 aliphatic rings. The molecule has 6 heteroatoms. The molecule has 15 heavy (non-hydrogen) atoms. The van der Waals surface area contributed by atoms with Crippen LogP contribution in [0.1, 0.15) is 11.7 Å². The Morgan fingerprint density at radius 1 is 1.67 bits per heavy atom. The van der Waals surface area contributed by atoms with E-state index in [0.717, 1.165) is 10.6 Å². The van der Waals surface area contributed by atoms with E-state index in [2.05, 4.69) is 9.97 Å². The van der Waals surface area contributed by atoms with E-state index in [1.165, 1.54) is 11.3 Å². The summed E-state index contributed by atoms with van der Waals surface area (Å²) in [6.07, 6.45) is 3.59. The van der Waals surface area contributed by atoms with Crippen LogP contribution >= 0.6 is 11.3 Å². The predicted octanol–water partition coefficient (Wildman–Crippen LogP) is 1.22. The molecule has 0 aliphatic carbocycles. The van der Waals surface area contributed by atoms with Gasteiger partial charge in [-0.15, -0.1) is 11.3 Å². The number of thiazole rings is 1. The number of aromatic amines is 1. The minimum Gasteiger partial charge on any atom is -0.480 e. The highest BCUT2D eigenvalue weighted by atomic mass is 32.1. The van der Waals surface area contributed by atoms with Crippen LogP contribution in [0.5, 0.6) is 0 Å². The summed E-state index contributed by atoms with van der Waals surface area (Å²) in [5.41, 5.74) is 6.77. The number of aliphatic carboxylic acids is 1. The molecule has 78 valence electrons. The Morgan fingerprint density at radius 3 is 3.07 bits per heavy atom. The van der Waals surface area contributed by atoms with Crippen LogP contribution in [0.3, 0.4) is 0 Å². The van der Waals surface area contributed by atoms with E-state index < -0.39 is 12.0 Å². The van der Waals surface area contributed by atoms with Gasteiger partial charge in [0.2, 0.25) is 0 Å². The number of aromatic nitrogens is 2. The van der Waals surface area contributed by atoms with E-state index in [4.69, 9.17) is 10.8 Å². The molecule has 0 saturated heterocycles. The van der Waals surface area contributed by atoms with E-state index in [-0.39, 0.29) is 0 Å². The SMILES string of the molecule is NC(C(=O)O)c1csc(-c2cc[nH]c2)n1. The number of nitrogens with one attached hydrogen (secondary N) is 1. The van der Waals surface area contributed by atoms with E-state index in [1.807, 2.05) is 6.07 Å². The highest BCUT2D eigenvalue weighted by molar-refractivity contribution is 7.13. The van der Waals surface area contributed by atoms with Gasteiger partial charge in [-0.05, 0) is 6.07 Å². The van der Waals surface area contributed by atoms with E-state index in [0.29, 0.717) is 5.69 Å². The predicted molar refractivity (Wildman–Crippen MR) is 56.5 cm³/mol. The molecule has 2 rings (SSSR count). The average Bonchev–Trinajstić information content (AvgIpc) is 2.86. The minimum absolute atomic E-state index is 0.392. The van der Waals surface area contributed by atoms with Gasteiger partial charge in [0, 0.05) is 23.3 Å². The van der Waals surface area contributed by atoms with Crippen LogP contribution in [0.25, 0.3) is 10.6 Å². The first-order chi connectivity index (χ1) is 7.18. The zero-order valence-corrected chi connectivity index (χ0v) is 8.49. The van der Waals surface area contributed by atoms with Crippen LogP contribution in [-0.2, 0) is 4.79 Å². The van der Waals surface area contributed by atoms with E-state index in [1.54, 1.807) is 17.8 Å². The van der Waals surface area contributed by atoms with Gasteiger partial charge in [-0.1, -0.05) is 0 Å². The maximum absolute atomic E-state index is 10.6. The Kier molecular flexibility index (Phi) is 2.53. The number of nitrogens with zero attached hydrogens (tertiary/aromatic N) is 1. The summed E-state index contributed by atoms with van der Waals surface area (Å²) >= 11 is 1.38. The molecule has 2 aromatic rings. The molecule has 4 N–H and O–H groups in total. The molecule has 2 aromatic heterocycles. The fraction of sp³-hybridized carbons (Fsp3) is 0.111. The molecule has 0 amide bonds. The van der Waals surface area contributed by atoms with Crippen molar-refractivity contribution in [1.82, 2.24) is 9.97 Å². The van der Waals surface area contributed by atoms with Crippen LogP contribution in [0.4, 0.5) is 0 Å². The van der Waals surface area contributed by atoms with Crippen LogP contribution in [0, 0.1) is 0 Å². The summed E-state index contributed by atoms with van der Waals surface area (Å²) in [7, 11) is 0. The third-order valence-corrected chi connectivity index (χ3v) is 2.86. The van der Waals surface area contributed by atoms with Gasteiger partial charge in [0.25, 0.3) is 0 Å². The van der Waals surface area contributed by atoms with Crippen molar-refractivity contribution in [3.05, 3.63) is 29.5 Å². The van der Waals surface area contributed by atoms with Gasteiger partial charge in [-0.25, -0.2) is 4.98 Å². The third kappa shape index (κ3) is 1.90. The maximum atomic E-state index is 10.6. The van der Waals surface area contributed by atoms with Crippen molar-refractivity contribution in [2.45, 2.75) is 6.04 Å². The maximum Gasteiger partial charge on any atom is 0.326 e. The number of carbonyl (C=O) groups is 1. The molecule has 0 bridgehead atoms. The topological polar surface area (TPSA) is 92.0 Å². The highest BCUT2D eigenvalue weighted by Gasteiger charge is 2.17. The van der Waals surface area contributed by atoms with Crippen molar-refractivity contribution in [1.29, 1.82) is 0 Å². The van der Waals surface area contributed by atoms with Crippen molar-refractivity contribution >= 4 is 17.3 Å². The number of carboxylic acid groups (broad SMARTS) is 1. The van der Waals surface area contributed by atoms with Crippen molar-refractivity contribution in [2.24, 2.45) is 5.73 Å². The molecule has 0 radical (unpaired) electrons. The minimum atomic E-state index is -1.07. The second kappa shape index (κ2) is 3.84. The standard InChI is InChI=1S/C9H9N3O2S/c10-7(9(13)14)6-4-15-8(12-6)5-1-2-11-3-5/h1-4,7,11H,10H2,(H,13,14). The number of hydrogen-bond acceptors (Lipinski definition) is 4. The number of hydrogen-bond donors (Lipinski definition) is 3. The number of carboxylic acids is 1. The summed E-state index contributed by atoms with van der Waals surface area (Å²) in [5, 5.41) is 11.1. The van der Waals surface area contributed by atoms with Gasteiger partial charge in [0.15, 0.2) is 0 Å². The summed E-state index contributed by atoms with van der Waals surface area (Å²) in [4.78, 5) is 17.7. The van der Waals surface area contributed by atoms with Gasteiger partial charge in [0.05, 0.1) is 5.69 Å². The zero-order valence-electron chi connectivity index (χ0n) is 7.68. The van der Waals surface area contributed by atoms with Gasteiger partial charge >= 0.3 is 5.97 Å². The van der Waals surface area contributed by atoms with Crippen molar-refractivity contribution < 1.29 is 9.90 Å². The van der Waals surface area contributed by atoms with Gasteiger partial charge in [-0.3, -0.25) is 4.79 Å². The van der Waals surface area contributed by atoms with Crippen LogP contribution in [0.15, 0.2) is 23.8 Å². The third-order valence-electron chi connectivity index (χ3n) is 1.95. The molecule has 5 nitrogen and oxygen atoms in total. The lowest BCUT2D eigenvalue weighted by atomic mass is 10.2. The second-order valence-electron chi connectivity index (χ2n) is 2.99. The van der Waals surface area contributed by atoms with Crippen molar-refractivity contribution in [3.8, 4) is 10.6 Å². The Bertz CT molecular complexity index is 463. The summed E-state index contributed by atoms with van der Waals surface area (Å²) in [6.45, 7) is 0. The fourth-order valence-corrected chi connectivity index (χ4v) is 2.00. The quantitative estimate of drug-likeness (QED) is 0.729. The normalized spacial score (nSPS) is 12.6. The first-order valence-electron chi connectivity index (χ1n) is 4.25. The van der Waals surface area contributed by atoms with Crippen molar-refractivity contribution in [2.75, 3.05) is 0 Å². The molecule has 0 spiro atoms. The lowest BCUT2D eigenvalue weighted by Gasteiger charge is -2.00. The van der Waals surface area contributed by atoms with Gasteiger partial charge in [0.1, 0.15) is 11.0 Å². The fourth-order valence-electron chi connectivity index (χ4n) is 1.15. The molecule has 0 fully saturated rings. The Morgan fingerprint density at radius 2 is 2.47 bits per heavy atom. The van der Waals surface area contributed by atoms with E-state index in [9.17, 15) is 4.79 Å². The number of H-pyrrole nitrogens is 1. The van der Waals surface area contributed by atoms with Gasteiger partial charge < -0.3 is 15.8 Å². The summed E-state index contributed by atoms with van der Waals surface area (Å²) in [5.74, 6) is -1.07. The molecule has 2 heterocycles. The molecular formula is C9H9N3O2S. The smallest absolute Gasteiger partial charge is 0.326 e. The van der Waals surface area contributed by atoms with Crippen molar-refractivity contribution in [3.63, 3.8) is 0 Å². The lowest BCUT2D eigenvalue weighted by molar-refractivity contribution is -0.138. The Balaban J connectivity index is 2.28. The van der Waals surface area contributed by atoms with Crippen LogP contribution < -0.4 is 5.73 Å². The number of rotatable bonds is 3. The molecule has 0 saturated carbocycles. The monoisotopic (exact) mass is 223 g/mol. The molecule has 0 aromatic carbocycles. The van der Waals surface area contributed by atoms with Crippen LogP contribution in [0.2, 0.25) is 0 Å². The second-order valence-corrected chi connectivity index (χ2v) is 3.85. The largest absolute Gasteiger partial charge is 0.480 e. The van der Waals surface area contributed by atoms with Gasteiger partial charge in [-0.2, -0.15) is 0 Å². The Hall–Kier alpha value is -1.66. The molecule has 0 aliphatic heterocycles. The summed E-state index contributed by atoms with van der Waals surface area (Å²) < 4.78 is 0. The highest BCUT2D eigenvalue weighted by Crippen LogP contribution is 2.25. The van der Waals surface area contributed by atoms with E-state index >= 15 is 0 Å².